The van der Waals surface area contributed by atoms with Gasteiger partial charge in [0.25, 0.3) is 0 Å². The molecule has 170 valence electrons. The summed E-state index contributed by atoms with van der Waals surface area (Å²) in [7, 11) is 0. The van der Waals surface area contributed by atoms with E-state index in [0.29, 0.717) is 5.92 Å². The van der Waals surface area contributed by atoms with E-state index < -0.39 is 11.7 Å². The summed E-state index contributed by atoms with van der Waals surface area (Å²) in [6, 6.07) is 14.5. The molecule has 1 aliphatic heterocycles. The average molecular weight is 433 g/mol. The minimum atomic E-state index is -4.33. The predicted octanol–water partition coefficient (Wildman–Crippen LogP) is 7.40. The first-order valence-corrected chi connectivity index (χ1v) is 11.2. The molecule has 0 fully saturated rings. The number of anilines is 1. The van der Waals surface area contributed by atoms with E-state index in [1.165, 1.54) is 17.7 Å². The van der Waals surface area contributed by atoms with E-state index in [9.17, 15) is 13.2 Å². The van der Waals surface area contributed by atoms with E-state index >= 15 is 0 Å². The van der Waals surface area contributed by atoms with Gasteiger partial charge in [0.2, 0.25) is 0 Å². The topological polar surface area (TPSA) is 24.1 Å². The summed E-state index contributed by atoms with van der Waals surface area (Å²) in [5, 5.41) is 7.13. The van der Waals surface area contributed by atoms with Gasteiger partial charge in [-0.15, -0.1) is 0 Å². The molecular weight excluding hydrogens is 397 g/mol. The summed E-state index contributed by atoms with van der Waals surface area (Å²) in [5.41, 5.74) is 2.28. The lowest BCUT2D eigenvalue weighted by Gasteiger charge is -2.40. The third-order valence-corrected chi connectivity index (χ3v) is 6.38. The highest BCUT2D eigenvalue weighted by Gasteiger charge is 2.37. The standard InChI is InChI=1S/C26H35F3N2/c1-17(16-30-25(3,4)5)11-13-21-18(2)22-15-20(26(27,28)29)12-14-23(22)31-24(21)19-9-7-6-8-10-19/h6-10,12,14-15,17-18,21,24,30-31H,11,13,16H2,1-5H3/t17?,18?,21?,24-/m0/s1. The Bertz CT molecular complexity index is 855. The molecule has 2 nitrogen and oxygen atoms in total. The summed E-state index contributed by atoms with van der Waals surface area (Å²) in [4.78, 5) is 0. The molecule has 1 heterocycles. The average Bonchev–Trinajstić information content (AvgIpc) is 2.70. The maximum atomic E-state index is 13.3. The number of hydrogen-bond donors (Lipinski definition) is 2. The number of hydrogen-bond acceptors (Lipinski definition) is 2. The number of benzene rings is 2. The fourth-order valence-electron chi connectivity index (χ4n) is 4.51. The van der Waals surface area contributed by atoms with Gasteiger partial charge in [-0.2, -0.15) is 13.2 Å². The summed E-state index contributed by atoms with van der Waals surface area (Å²) in [6.07, 6.45) is -2.35. The number of halogens is 3. The Morgan fingerprint density at radius 1 is 1.03 bits per heavy atom. The first-order valence-electron chi connectivity index (χ1n) is 11.2. The maximum absolute atomic E-state index is 13.3. The van der Waals surface area contributed by atoms with Crippen LogP contribution in [0, 0.1) is 11.8 Å². The van der Waals surface area contributed by atoms with Crippen LogP contribution in [0.5, 0.6) is 0 Å². The van der Waals surface area contributed by atoms with Crippen molar-refractivity contribution in [3.05, 3.63) is 65.2 Å². The molecule has 0 saturated carbocycles. The van der Waals surface area contributed by atoms with E-state index in [1.807, 2.05) is 18.2 Å². The van der Waals surface area contributed by atoms with Gasteiger partial charge in [0, 0.05) is 11.2 Å². The second-order valence-corrected chi connectivity index (χ2v) is 10.1. The number of alkyl halides is 3. The van der Waals surface area contributed by atoms with Crippen LogP contribution in [-0.2, 0) is 6.18 Å². The Balaban J connectivity index is 1.85. The smallest absolute Gasteiger partial charge is 0.378 e. The minimum absolute atomic E-state index is 0.0338. The van der Waals surface area contributed by atoms with E-state index in [4.69, 9.17) is 0 Å². The molecule has 0 saturated heterocycles. The van der Waals surface area contributed by atoms with Crippen molar-refractivity contribution in [3.63, 3.8) is 0 Å². The van der Waals surface area contributed by atoms with Crippen molar-refractivity contribution in [2.45, 2.75) is 71.1 Å². The van der Waals surface area contributed by atoms with Crippen LogP contribution in [0.25, 0.3) is 0 Å². The summed E-state index contributed by atoms with van der Waals surface area (Å²) >= 11 is 0. The molecule has 4 atom stereocenters. The van der Waals surface area contributed by atoms with Gasteiger partial charge in [-0.1, -0.05) is 44.2 Å². The van der Waals surface area contributed by atoms with E-state index in [-0.39, 0.29) is 23.4 Å². The lowest BCUT2D eigenvalue weighted by atomic mass is 9.73. The molecule has 5 heteroatoms. The Morgan fingerprint density at radius 2 is 1.71 bits per heavy atom. The maximum Gasteiger partial charge on any atom is 0.416 e. The zero-order chi connectivity index (χ0) is 22.8. The van der Waals surface area contributed by atoms with Gasteiger partial charge >= 0.3 is 6.18 Å². The van der Waals surface area contributed by atoms with Gasteiger partial charge in [-0.3, -0.25) is 0 Å². The largest absolute Gasteiger partial charge is 0.416 e. The second kappa shape index (κ2) is 9.23. The Kier molecular flexibility index (Phi) is 7.04. The van der Waals surface area contributed by atoms with Crippen molar-refractivity contribution >= 4 is 5.69 Å². The van der Waals surface area contributed by atoms with Crippen molar-refractivity contribution in [1.82, 2.24) is 5.32 Å². The molecule has 2 aromatic carbocycles. The van der Waals surface area contributed by atoms with Crippen LogP contribution in [0.2, 0.25) is 0 Å². The van der Waals surface area contributed by atoms with Crippen LogP contribution in [0.3, 0.4) is 0 Å². The van der Waals surface area contributed by atoms with Crippen LogP contribution >= 0.6 is 0 Å². The molecule has 0 aromatic heterocycles. The predicted molar refractivity (Wildman–Crippen MR) is 122 cm³/mol. The third-order valence-electron chi connectivity index (χ3n) is 6.38. The monoisotopic (exact) mass is 432 g/mol. The Hall–Kier alpha value is -2.01. The van der Waals surface area contributed by atoms with Crippen molar-refractivity contribution < 1.29 is 13.2 Å². The third kappa shape index (κ3) is 6.03. The highest BCUT2D eigenvalue weighted by Crippen LogP contribution is 2.48. The van der Waals surface area contributed by atoms with Crippen LogP contribution in [0.1, 0.15) is 76.1 Å². The van der Waals surface area contributed by atoms with Crippen molar-refractivity contribution in [2.75, 3.05) is 11.9 Å². The first-order chi connectivity index (χ1) is 14.5. The molecule has 2 N–H and O–H groups in total. The molecule has 0 aliphatic carbocycles. The summed E-state index contributed by atoms with van der Waals surface area (Å²) in [5.74, 6) is 0.743. The first kappa shape index (κ1) is 23.6. The normalized spacial score (nSPS) is 22.5. The summed E-state index contributed by atoms with van der Waals surface area (Å²) in [6.45, 7) is 11.7. The molecular formula is C26H35F3N2. The van der Waals surface area contributed by atoms with E-state index in [1.54, 1.807) is 6.07 Å². The van der Waals surface area contributed by atoms with Crippen LogP contribution in [-0.4, -0.2) is 12.1 Å². The van der Waals surface area contributed by atoms with Gasteiger partial charge in [0.05, 0.1) is 11.6 Å². The highest BCUT2D eigenvalue weighted by molar-refractivity contribution is 5.59. The van der Waals surface area contributed by atoms with Crippen LogP contribution in [0.15, 0.2) is 48.5 Å². The van der Waals surface area contributed by atoms with Gasteiger partial charge < -0.3 is 10.6 Å². The van der Waals surface area contributed by atoms with Crippen LogP contribution < -0.4 is 10.6 Å². The van der Waals surface area contributed by atoms with Crippen molar-refractivity contribution in [1.29, 1.82) is 0 Å². The Morgan fingerprint density at radius 3 is 2.32 bits per heavy atom. The van der Waals surface area contributed by atoms with Crippen molar-refractivity contribution in [3.8, 4) is 0 Å². The van der Waals surface area contributed by atoms with E-state index in [0.717, 1.165) is 30.6 Å². The highest BCUT2D eigenvalue weighted by atomic mass is 19.4. The second-order valence-electron chi connectivity index (χ2n) is 10.1. The van der Waals surface area contributed by atoms with Crippen molar-refractivity contribution in [2.24, 2.45) is 11.8 Å². The molecule has 0 radical (unpaired) electrons. The lowest BCUT2D eigenvalue weighted by Crippen LogP contribution is -2.39. The van der Waals surface area contributed by atoms with Gasteiger partial charge in [-0.25, -0.2) is 0 Å². The summed E-state index contributed by atoms with van der Waals surface area (Å²) < 4.78 is 40.0. The molecule has 0 bridgehead atoms. The van der Waals surface area contributed by atoms with Gasteiger partial charge in [0.15, 0.2) is 0 Å². The molecule has 3 unspecified atom stereocenters. The van der Waals surface area contributed by atoms with Gasteiger partial charge in [-0.05, 0) is 87.2 Å². The lowest BCUT2D eigenvalue weighted by molar-refractivity contribution is -0.137. The SMILES string of the molecule is CC(CCC1C(C)c2cc(C(F)(F)F)ccc2N[C@H]1c1ccccc1)CNC(C)(C)C. The molecule has 0 amide bonds. The molecule has 31 heavy (non-hydrogen) atoms. The Labute approximate surface area is 184 Å². The number of rotatable bonds is 6. The quantitative estimate of drug-likeness (QED) is 0.497. The van der Waals surface area contributed by atoms with E-state index in [2.05, 4.69) is 57.4 Å². The number of fused-ring (bicyclic) bond motifs is 1. The zero-order valence-electron chi connectivity index (χ0n) is 19.2. The minimum Gasteiger partial charge on any atom is -0.378 e. The molecule has 3 rings (SSSR count). The molecule has 2 aromatic rings. The van der Waals surface area contributed by atoms with Gasteiger partial charge in [0.1, 0.15) is 0 Å². The molecule has 0 spiro atoms. The van der Waals surface area contributed by atoms with Crippen LogP contribution in [0.4, 0.5) is 18.9 Å². The zero-order valence-corrected chi connectivity index (χ0v) is 19.2. The molecule has 1 aliphatic rings. The number of nitrogens with one attached hydrogen (secondary N) is 2. The fraction of sp³-hybridized carbons (Fsp3) is 0.538. The fourth-order valence-corrected chi connectivity index (χ4v) is 4.51.